The first-order chi connectivity index (χ1) is 9.63. The van der Waals surface area contributed by atoms with Crippen molar-refractivity contribution in [1.82, 2.24) is 0 Å². The van der Waals surface area contributed by atoms with Gasteiger partial charge >= 0.3 is 0 Å². The maximum Gasteiger partial charge on any atom is 0.104 e. The Morgan fingerprint density at radius 1 is 1.10 bits per heavy atom. The molecule has 0 unspecified atom stereocenters. The van der Waals surface area contributed by atoms with Gasteiger partial charge in [-0.25, -0.2) is 0 Å². The molecule has 0 heterocycles. The maximum absolute atomic E-state index is 6.26. The quantitative estimate of drug-likeness (QED) is 0.834. The molecule has 2 aromatic carbocycles. The Kier molecular flexibility index (Phi) is 3.64. The minimum atomic E-state index is 0.357. The van der Waals surface area contributed by atoms with E-state index >= 15 is 0 Å². The molecule has 0 spiro atoms. The SMILES string of the molecule is NC(=S)c1ccc(Nc2ccc3c(c2)CCC3)c(Cl)c1. The first-order valence-electron chi connectivity index (χ1n) is 6.61. The molecule has 2 aromatic rings. The van der Waals surface area contributed by atoms with E-state index in [1.165, 1.54) is 30.4 Å². The van der Waals surface area contributed by atoms with E-state index in [2.05, 4.69) is 23.5 Å². The third kappa shape index (κ3) is 2.65. The van der Waals surface area contributed by atoms with E-state index in [0.29, 0.717) is 10.0 Å². The second kappa shape index (κ2) is 5.43. The Bertz CT molecular complexity index is 682. The average Bonchev–Trinajstić information content (AvgIpc) is 2.88. The van der Waals surface area contributed by atoms with Gasteiger partial charge in [-0.05, 0) is 60.7 Å². The van der Waals surface area contributed by atoms with E-state index in [-0.39, 0.29) is 0 Å². The molecular formula is C16H15ClN2S. The average molecular weight is 303 g/mol. The fourth-order valence-corrected chi connectivity index (χ4v) is 2.93. The highest BCUT2D eigenvalue weighted by molar-refractivity contribution is 7.80. The molecule has 1 aliphatic carbocycles. The van der Waals surface area contributed by atoms with Crippen LogP contribution in [0.4, 0.5) is 11.4 Å². The van der Waals surface area contributed by atoms with Crippen molar-refractivity contribution in [2.75, 3.05) is 5.32 Å². The van der Waals surface area contributed by atoms with E-state index in [0.717, 1.165) is 16.9 Å². The Labute approximate surface area is 128 Å². The molecule has 0 fully saturated rings. The molecule has 0 amide bonds. The van der Waals surface area contributed by atoms with Crippen molar-refractivity contribution >= 4 is 40.2 Å². The highest BCUT2D eigenvalue weighted by Gasteiger charge is 2.11. The van der Waals surface area contributed by atoms with E-state index in [9.17, 15) is 0 Å². The third-order valence-corrected chi connectivity index (χ3v) is 4.18. The van der Waals surface area contributed by atoms with Crippen LogP contribution in [-0.4, -0.2) is 4.99 Å². The van der Waals surface area contributed by atoms with Crippen LogP contribution < -0.4 is 11.1 Å². The summed E-state index contributed by atoms with van der Waals surface area (Å²) in [6.07, 6.45) is 3.61. The zero-order valence-electron chi connectivity index (χ0n) is 10.9. The van der Waals surface area contributed by atoms with Crippen LogP contribution in [0, 0.1) is 0 Å². The Morgan fingerprint density at radius 2 is 1.90 bits per heavy atom. The van der Waals surface area contributed by atoms with Crippen LogP contribution in [0.1, 0.15) is 23.1 Å². The van der Waals surface area contributed by atoms with Crippen LogP contribution in [0.5, 0.6) is 0 Å². The van der Waals surface area contributed by atoms with Crippen LogP contribution in [0.3, 0.4) is 0 Å². The van der Waals surface area contributed by atoms with Gasteiger partial charge in [-0.3, -0.25) is 0 Å². The summed E-state index contributed by atoms with van der Waals surface area (Å²) in [7, 11) is 0. The van der Waals surface area contributed by atoms with Crippen molar-refractivity contribution < 1.29 is 0 Å². The summed E-state index contributed by atoms with van der Waals surface area (Å²) in [5.74, 6) is 0. The molecule has 0 saturated heterocycles. The molecule has 3 rings (SSSR count). The molecule has 0 atom stereocenters. The lowest BCUT2D eigenvalue weighted by Gasteiger charge is -2.11. The van der Waals surface area contributed by atoms with Gasteiger partial charge in [-0.1, -0.05) is 29.9 Å². The van der Waals surface area contributed by atoms with Gasteiger partial charge in [0.05, 0.1) is 10.7 Å². The van der Waals surface area contributed by atoms with Gasteiger partial charge in [0.25, 0.3) is 0 Å². The first kappa shape index (κ1) is 13.4. The summed E-state index contributed by atoms with van der Waals surface area (Å²) in [5, 5.41) is 3.97. The number of nitrogens with two attached hydrogens (primary N) is 1. The fraction of sp³-hybridized carbons (Fsp3) is 0.188. The number of fused-ring (bicyclic) bond motifs is 1. The molecule has 4 heteroatoms. The minimum Gasteiger partial charge on any atom is -0.389 e. The van der Waals surface area contributed by atoms with Crippen LogP contribution in [0.2, 0.25) is 5.02 Å². The molecular weight excluding hydrogens is 288 g/mol. The van der Waals surface area contributed by atoms with Crippen molar-refractivity contribution in [3.05, 3.63) is 58.1 Å². The van der Waals surface area contributed by atoms with Crippen LogP contribution in [0.25, 0.3) is 0 Å². The topological polar surface area (TPSA) is 38.0 Å². The second-order valence-corrected chi connectivity index (χ2v) is 5.87. The number of rotatable bonds is 3. The van der Waals surface area contributed by atoms with Gasteiger partial charge in [0.15, 0.2) is 0 Å². The van der Waals surface area contributed by atoms with E-state index < -0.39 is 0 Å². The number of anilines is 2. The van der Waals surface area contributed by atoms with Gasteiger partial charge in [0.1, 0.15) is 4.99 Å². The molecule has 20 heavy (non-hydrogen) atoms. The Balaban J connectivity index is 1.86. The van der Waals surface area contributed by atoms with Crippen molar-refractivity contribution in [3.63, 3.8) is 0 Å². The number of aryl methyl sites for hydroxylation is 2. The predicted octanol–water partition coefficient (Wildman–Crippen LogP) is 4.21. The summed E-state index contributed by atoms with van der Waals surface area (Å²) in [5.41, 5.74) is 11.2. The van der Waals surface area contributed by atoms with Crippen molar-refractivity contribution in [2.45, 2.75) is 19.3 Å². The number of benzene rings is 2. The lowest BCUT2D eigenvalue weighted by molar-refractivity contribution is 0.912. The lowest BCUT2D eigenvalue weighted by atomic mass is 10.1. The minimum absolute atomic E-state index is 0.357. The molecule has 0 aliphatic heterocycles. The Hall–Kier alpha value is -1.58. The molecule has 0 saturated carbocycles. The van der Waals surface area contributed by atoms with Gasteiger partial charge in [0.2, 0.25) is 0 Å². The maximum atomic E-state index is 6.26. The number of hydrogen-bond acceptors (Lipinski definition) is 2. The first-order valence-corrected chi connectivity index (χ1v) is 7.40. The summed E-state index contributed by atoms with van der Waals surface area (Å²) >= 11 is 11.2. The van der Waals surface area contributed by atoms with Gasteiger partial charge in [0, 0.05) is 11.3 Å². The van der Waals surface area contributed by atoms with Gasteiger partial charge < -0.3 is 11.1 Å². The molecule has 1 aliphatic rings. The number of hydrogen-bond donors (Lipinski definition) is 2. The number of halogens is 1. The number of thiocarbonyl (C=S) groups is 1. The second-order valence-electron chi connectivity index (χ2n) is 5.02. The summed E-state index contributed by atoms with van der Waals surface area (Å²) in [4.78, 5) is 0.357. The lowest BCUT2D eigenvalue weighted by Crippen LogP contribution is -2.09. The molecule has 0 aromatic heterocycles. The molecule has 0 bridgehead atoms. The smallest absolute Gasteiger partial charge is 0.104 e. The van der Waals surface area contributed by atoms with Gasteiger partial charge in [-0.2, -0.15) is 0 Å². The predicted molar refractivity (Wildman–Crippen MR) is 89.1 cm³/mol. The van der Waals surface area contributed by atoms with Crippen LogP contribution in [0.15, 0.2) is 36.4 Å². The van der Waals surface area contributed by atoms with E-state index in [4.69, 9.17) is 29.6 Å². The van der Waals surface area contributed by atoms with Crippen molar-refractivity contribution in [2.24, 2.45) is 5.73 Å². The summed E-state index contributed by atoms with van der Waals surface area (Å²) in [6.45, 7) is 0. The van der Waals surface area contributed by atoms with Crippen LogP contribution in [-0.2, 0) is 12.8 Å². The standard InChI is InChI=1S/C16H15ClN2S/c17-14-9-12(16(18)20)5-7-15(14)19-13-6-4-10-2-1-3-11(10)8-13/h4-9,19H,1-3H2,(H2,18,20). The highest BCUT2D eigenvalue weighted by Crippen LogP contribution is 2.30. The van der Waals surface area contributed by atoms with Crippen molar-refractivity contribution in [3.8, 4) is 0 Å². The third-order valence-electron chi connectivity index (χ3n) is 3.63. The van der Waals surface area contributed by atoms with Crippen LogP contribution >= 0.6 is 23.8 Å². The van der Waals surface area contributed by atoms with E-state index in [1.54, 1.807) is 6.07 Å². The molecule has 2 nitrogen and oxygen atoms in total. The molecule has 102 valence electrons. The van der Waals surface area contributed by atoms with Gasteiger partial charge in [-0.15, -0.1) is 0 Å². The molecule has 3 N–H and O–H groups in total. The number of nitrogens with one attached hydrogen (secondary N) is 1. The molecule has 0 radical (unpaired) electrons. The zero-order chi connectivity index (χ0) is 14.1. The van der Waals surface area contributed by atoms with E-state index in [1.807, 2.05) is 12.1 Å². The summed E-state index contributed by atoms with van der Waals surface area (Å²) in [6, 6.07) is 12.1. The highest BCUT2D eigenvalue weighted by atomic mass is 35.5. The normalized spacial score (nSPS) is 13.1. The Morgan fingerprint density at radius 3 is 2.65 bits per heavy atom. The monoisotopic (exact) mass is 302 g/mol. The zero-order valence-corrected chi connectivity index (χ0v) is 12.5. The fourth-order valence-electron chi connectivity index (χ4n) is 2.57. The summed E-state index contributed by atoms with van der Waals surface area (Å²) < 4.78 is 0. The largest absolute Gasteiger partial charge is 0.389 e. The van der Waals surface area contributed by atoms with Crippen molar-refractivity contribution in [1.29, 1.82) is 0 Å².